The molecule has 5 nitrogen and oxygen atoms in total. The topological polar surface area (TPSA) is 58.1 Å². The lowest BCUT2D eigenvalue weighted by Gasteiger charge is -2.17. The summed E-state index contributed by atoms with van der Waals surface area (Å²) in [6.07, 6.45) is 2.65. The van der Waals surface area contributed by atoms with Crippen molar-refractivity contribution in [3.05, 3.63) is 89.6 Å². The van der Waals surface area contributed by atoms with Gasteiger partial charge in [-0.05, 0) is 53.6 Å². The van der Waals surface area contributed by atoms with Crippen molar-refractivity contribution in [2.24, 2.45) is 0 Å². The monoisotopic (exact) mass is 428 g/mol. The van der Waals surface area contributed by atoms with E-state index in [2.05, 4.69) is 45.5 Å². The van der Waals surface area contributed by atoms with Crippen LogP contribution < -0.4 is 10.2 Å². The molecule has 1 aliphatic heterocycles. The molecule has 1 amide bonds. The first-order valence-electron chi connectivity index (χ1n) is 10.3. The summed E-state index contributed by atoms with van der Waals surface area (Å²) in [7, 11) is 0. The van der Waals surface area contributed by atoms with E-state index in [9.17, 15) is 4.79 Å². The molecule has 3 aromatic carbocycles. The van der Waals surface area contributed by atoms with E-state index in [-0.39, 0.29) is 11.9 Å². The summed E-state index contributed by atoms with van der Waals surface area (Å²) in [4.78, 5) is 23.9. The van der Waals surface area contributed by atoms with Crippen LogP contribution in [0.1, 0.15) is 16.8 Å². The molecular formula is C25H21ClN4O. The van der Waals surface area contributed by atoms with Crippen LogP contribution in [0.25, 0.3) is 22.0 Å². The van der Waals surface area contributed by atoms with Crippen molar-refractivity contribution < 1.29 is 4.79 Å². The van der Waals surface area contributed by atoms with Gasteiger partial charge >= 0.3 is 0 Å². The van der Waals surface area contributed by atoms with E-state index in [1.807, 2.05) is 18.2 Å². The van der Waals surface area contributed by atoms with E-state index in [1.54, 1.807) is 30.5 Å². The Morgan fingerprint density at radius 3 is 2.65 bits per heavy atom. The lowest BCUT2D eigenvalue weighted by molar-refractivity contribution is 0.0940. The van der Waals surface area contributed by atoms with E-state index in [0.717, 1.165) is 24.2 Å². The molecule has 1 atom stereocenters. The Morgan fingerprint density at radius 2 is 1.81 bits per heavy atom. The van der Waals surface area contributed by atoms with E-state index in [1.165, 1.54) is 10.8 Å². The molecule has 1 aliphatic rings. The number of benzene rings is 3. The molecule has 1 aromatic heterocycles. The third kappa shape index (κ3) is 4.23. The van der Waals surface area contributed by atoms with Gasteiger partial charge in [-0.2, -0.15) is 0 Å². The summed E-state index contributed by atoms with van der Waals surface area (Å²) < 4.78 is 0. The minimum Gasteiger partial charge on any atom is -0.347 e. The maximum absolute atomic E-state index is 12.5. The van der Waals surface area contributed by atoms with Gasteiger partial charge in [-0.3, -0.25) is 4.79 Å². The van der Waals surface area contributed by atoms with Crippen LogP contribution in [0, 0.1) is 0 Å². The lowest BCUT2D eigenvalue weighted by atomic mass is 10.1. The van der Waals surface area contributed by atoms with Crippen molar-refractivity contribution in [3.8, 4) is 11.3 Å². The van der Waals surface area contributed by atoms with Crippen molar-refractivity contribution in [2.45, 2.75) is 12.5 Å². The summed E-state index contributed by atoms with van der Waals surface area (Å²) in [5, 5.41) is 6.11. The van der Waals surface area contributed by atoms with Gasteiger partial charge < -0.3 is 10.2 Å². The van der Waals surface area contributed by atoms with Crippen LogP contribution in [-0.4, -0.2) is 35.0 Å². The van der Waals surface area contributed by atoms with Crippen molar-refractivity contribution >= 4 is 34.2 Å². The number of carbonyl (C=O) groups is 1. The number of nitrogens with one attached hydrogen (secondary N) is 1. The molecule has 6 heteroatoms. The third-order valence-electron chi connectivity index (χ3n) is 5.60. The molecule has 1 saturated heterocycles. The smallest absolute Gasteiger partial charge is 0.251 e. The number of hydrogen-bond donors (Lipinski definition) is 1. The van der Waals surface area contributed by atoms with E-state index in [0.29, 0.717) is 23.1 Å². The van der Waals surface area contributed by atoms with Crippen LogP contribution in [0.3, 0.4) is 0 Å². The van der Waals surface area contributed by atoms with Gasteiger partial charge in [0.25, 0.3) is 5.91 Å². The average Bonchev–Trinajstić information content (AvgIpc) is 3.28. The van der Waals surface area contributed by atoms with Crippen molar-refractivity contribution in [2.75, 3.05) is 18.0 Å². The Kier molecular flexibility index (Phi) is 5.26. The molecule has 1 N–H and O–H groups in total. The Hall–Kier alpha value is -3.44. The fourth-order valence-electron chi connectivity index (χ4n) is 3.94. The molecule has 0 unspecified atom stereocenters. The summed E-state index contributed by atoms with van der Waals surface area (Å²) in [5.74, 6) is 0.600. The number of hydrogen-bond acceptors (Lipinski definition) is 4. The molecule has 154 valence electrons. The van der Waals surface area contributed by atoms with E-state index in [4.69, 9.17) is 16.6 Å². The SMILES string of the molecule is O=C(N[C@H]1CCN(c2nccc(-c3ccc4ccccc4c3)n2)C1)c1ccc(Cl)cc1. The minimum atomic E-state index is -0.0886. The molecule has 0 radical (unpaired) electrons. The fourth-order valence-corrected chi connectivity index (χ4v) is 4.07. The highest BCUT2D eigenvalue weighted by atomic mass is 35.5. The Balaban J connectivity index is 1.30. The predicted molar refractivity (Wildman–Crippen MR) is 125 cm³/mol. The minimum absolute atomic E-state index is 0.0519. The second-order valence-corrected chi connectivity index (χ2v) is 8.15. The van der Waals surface area contributed by atoms with Crippen molar-refractivity contribution in [1.82, 2.24) is 15.3 Å². The first kappa shape index (κ1) is 19.5. The van der Waals surface area contributed by atoms with Crippen LogP contribution >= 0.6 is 11.6 Å². The van der Waals surface area contributed by atoms with E-state index >= 15 is 0 Å². The molecule has 4 aromatic rings. The summed E-state index contributed by atoms with van der Waals surface area (Å²) in [6, 6.07) is 23.6. The second-order valence-electron chi connectivity index (χ2n) is 7.72. The number of fused-ring (bicyclic) bond motifs is 1. The number of rotatable bonds is 4. The number of nitrogens with zero attached hydrogens (tertiary/aromatic N) is 3. The maximum Gasteiger partial charge on any atom is 0.251 e. The molecular weight excluding hydrogens is 408 g/mol. The van der Waals surface area contributed by atoms with Gasteiger partial charge in [0.1, 0.15) is 0 Å². The molecule has 0 spiro atoms. The first-order valence-corrected chi connectivity index (χ1v) is 10.7. The van der Waals surface area contributed by atoms with Crippen LogP contribution in [0.2, 0.25) is 5.02 Å². The Bertz CT molecular complexity index is 1240. The van der Waals surface area contributed by atoms with Crippen LogP contribution in [-0.2, 0) is 0 Å². The molecule has 0 saturated carbocycles. The van der Waals surface area contributed by atoms with Gasteiger partial charge in [-0.1, -0.05) is 48.0 Å². The highest BCUT2D eigenvalue weighted by Crippen LogP contribution is 2.25. The zero-order chi connectivity index (χ0) is 21.2. The van der Waals surface area contributed by atoms with E-state index < -0.39 is 0 Å². The van der Waals surface area contributed by atoms with Gasteiger partial charge in [0.15, 0.2) is 0 Å². The van der Waals surface area contributed by atoms with Crippen molar-refractivity contribution in [3.63, 3.8) is 0 Å². The number of carbonyl (C=O) groups excluding carboxylic acids is 1. The Morgan fingerprint density at radius 1 is 1.00 bits per heavy atom. The largest absolute Gasteiger partial charge is 0.347 e. The van der Waals surface area contributed by atoms with Gasteiger partial charge in [0, 0.05) is 41.5 Å². The number of anilines is 1. The predicted octanol–water partition coefficient (Wildman–Crippen LogP) is 4.96. The standard InChI is InChI=1S/C25H21ClN4O/c26-21-9-7-18(8-10-21)24(31)28-22-12-14-30(16-22)25-27-13-11-23(29-25)20-6-5-17-3-1-2-4-19(17)15-20/h1-11,13,15,22H,12,14,16H2,(H,28,31)/t22-/m0/s1. The Labute approximate surface area is 185 Å². The highest BCUT2D eigenvalue weighted by molar-refractivity contribution is 6.30. The van der Waals surface area contributed by atoms with Crippen LogP contribution in [0.4, 0.5) is 5.95 Å². The first-order chi connectivity index (χ1) is 15.2. The summed E-state index contributed by atoms with van der Waals surface area (Å²) in [6.45, 7) is 1.48. The molecule has 5 rings (SSSR count). The molecule has 2 heterocycles. The highest BCUT2D eigenvalue weighted by Gasteiger charge is 2.26. The zero-order valence-corrected chi connectivity index (χ0v) is 17.6. The molecule has 1 fully saturated rings. The second kappa shape index (κ2) is 8.36. The normalized spacial score (nSPS) is 15.9. The molecule has 0 aliphatic carbocycles. The van der Waals surface area contributed by atoms with Gasteiger partial charge in [-0.15, -0.1) is 0 Å². The average molecular weight is 429 g/mol. The molecule has 0 bridgehead atoms. The third-order valence-corrected chi connectivity index (χ3v) is 5.85. The maximum atomic E-state index is 12.5. The van der Waals surface area contributed by atoms with Gasteiger partial charge in [0.2, 0.25) is 5.95 Å². The van der Waals surface area contributed by atoms with Crippen LogP contribution in [0.5, 0.6) is 0 Å². The molecule has 31 heavy (non-hydrogen) atoms. The fraction of sp³-hybridized carbons (Fsp3) is 0.160. The van der Waals surface area contributed by atoms with Crippen molar-refractivity contribution in [1.29, 1.82) is 0 Å². The van der Waals surface area contributed by atoms with Gasteiger partial charge in [0.05, 0.1) is 5.69 Å². The lowest BCUT2D eigenvalue weighted by Crippen LogP contribution is -2.37. The van der Waals surface area contributed by atoms with Crippen LogP contribution in [0.15, 0.2) is 79.0 Å². The number of halogens is 1. The number of aromatic nitrogens is 2. The van der Waals surface area contributed by atoms with Gasteiger partial charge in [-0.25, -0.2) is 9.97 Å². The summed E-state index contributed by atoms with van der Waals surface area (Å²) >= 11 is 5.91. The zero-order valence-electron chi connectivity index (χ0n) is 16.8. The number of amides is 1. The quantitative estimate of drug-likeness (QED) is 0.499. The summed E-state index contributed by atoms with van der Waals surface area (Å²) in [5.41, 5.74) is 2.57.